The summed E-state index contributed by atoms with van der Waals surface area (Å²) in [5.74, 6) is 0.817. The molecule has 0 heterocycles. The largest absolute Gasteiger partial charge is 0.484 e. The third-order valence-electron chi connectivity index (χ3n) is 3.89. The molecule has 0 amide bonds. The van der Waals surface area contributed by atoms with Gasteiger partial charge in [0.05, 0.1) is 5.75 Å². The molecular formula is C18H28F3N3O3S. The van der Waals surface area contributed by atoms with E-state index in [-0.39, 0.29) is 16.9 Å². The Labute approximate surface area is 164 Å². The van der Waals surface area contributed by atoms with Gasteiger partial charge in [0.1, 0.15) is 15.6 Å². The number of nitrogens with one attached hydrogen (secondary N) is 2. The van der Waals surface area contributed by atoms with Crippen molar-refractivity contribution in [2.75, 3.05) is 32.2 Å². The van der Waals surface area contributed by atoms with E-state index >= 15 is 0 Å². The van der Waals surface area contributed by atoms with Crippen LogP contribution in [0.5, 0.6) is 5.75 Å². The van der Waals surface area contributed by atoms with E-state index in [2.05, 4.69) is 20.4 Å². The smallest absolute Gasteiger partial charge is 0.422 e. The molecule has 0 bridgehead atoms. The van der Waals surface area contributed by atoms with Gasteiger partial charge in [0.25, 0.3) is 0 Å². The summed E-state index contributed by atoms with van der Waals surface area (Å²) in [6.07, 6.45) is -2.63. The molecule has 0 spiro atoms. The van der Waals surface area contributed by atoms with Gasteiger partial charge in [-0.25, -0.2) is 8.42 Å². The second-order valence-electron chi connectivity index (χ2n) is 7.37. The van der Waals surface area contributed by atoms with Crippen molar-refractivity contribution in [3.8, 4) is 5.75 Å². The lowest BCUT2D eigenvalue weighted by molar-refractivity contribution is -0.153. The summed E-state index contributed by atoms with van der Waals surface area (Å²) in [7, 11) is -1.39. The van der Waals surface area contributed by atoms with E-state index in [1.807, 2.05) is 13.8 Å². The molecule has 0 aliphatic carbocycles. The maximum absolute atomic E-state index is 12.1. The van der Waals surface area contributed by atoms with E-state index in [0.717, 1.165) is 5.56 Å². The van der Waals surface area contributed by atoms with E-state index in [9.17, 15) is 21.6 Å². The van der Waals surface area contributed by atoms with Crippen molar-refractivity contribution in [2.24, 2.45) is 10.4 Å². The highest BCUT2D eigenvalue weighted by Gasteiger charge is 2.28. The zero-order valence-electron chi connectivity index (χ0n) is 16.6. The molecular weight excluding hydrogens is 395 g/mol. The van der Waals surface area contributed by atoms with Gasteiger partial charge in [0, 0.05) is 26.4 Å². The van der Waals surface area contributed by atoms with E-state index in [0.29, 0.717) is 25.5 Å². The first-order valence-corrected chi connectivity index (χ1v) is 10.8. The Morgan fingerprint density at radius 1 is 1.14 bits per heavy atom. The minimum Gasteiger partial charge on any atom is -0.484 e. The summed E-state index contributed by atoms with van der Waals surface area (Å²) in [6, 6.07) is 6.30. The van der Waals surface area contributed by atoms with Crippen molar-refractivity contribution in [2.45, 2.75) is 33.0 Å². The van der Waals surface area contributed by atoms with E-state index in [4.69, 9.17) is 0 Å². The zero-order valence-corrected chi connectivity index (χ0v) is 17.4. The molecule has 0 saturated heterocycles. The Morgan fingerprint density at radius 3 is 2.25 bits per heavy atom. The van der Waals surface area contributed by atoms with Crippen molar-refractivity contribution >= 4 is 15.8 Å². The molecule has 1 aromatic carbocycles. The van der Waals surface area contributed by atoms with Crippen LogP contribution in [0.25, 0.3) is 0 Å². The van der Waals surface area contributed by atoms with Crippen molar-refractivity contribution in [1.82, 2.24) is 10.6 Å². The maximum atomic E-state index is 12.1. The van der Waals surface area contributed by atoms with Crippen LogP contribution in [-0.4, -0.2) is 52.8 Å². The normalized spacial score (nSPS) is 13.3. The number of nitrogens with zero attached hydrogens (tertiary/aromatic N) is 1. The minimum absolute atomic E-state index is 0.121. The van der Waals surface area contributed by atoms with Crippen molar-refractivity contribution in [3.63, 3.8) is 0 Å². The molecule has 160 valence electrons. The molecule has 28 heavy (non-hydrogen) atoms. The Balaban J connectivity index is 2.47. The summed E-state index contributed by atoms with van der Waals surface area (Å²) in [4.78, 5) is 4.12. The number of benzene rings is 1. The van der Waals surface area contributed by atoms with Crippen LogP contribution in [0.1, 0.15) is 25.8 Å². The number of sulfone groups is 1. The predicted molar refractivity (Wildman–Crippen MR) is 104 cm³/mol. The number of hydrogen-bond donors (Lipinski definition) is 2. The number of guanidine groups is 1. The number of ether oxygens (including phenoxy) is 1. The SMILES string of the molecule is CN=C(NCc1ccc(OCC(F)(F)F)cc1)NCC(C)(C)CCS(C)(=O)=O. The summed E-state index contributed by atoms with van der Waals surface area (Å²) in [6.45, 7) is 3.57. The third-order valence-corrected chi connectivity index (χ3v) is 4.84. The van der Waals surface area contributed by atoms with Gasteiger partial charge >= 0.3 is 6.18 Å². The summed E-state index contributed by atoms with van der Waals surface area (Å²) >= 11 is 0. The first kappa shape index (κ1) is 24.1. The van der Waals surface area contributed by atoms with Crippen molar-refractivity contribution < 1.29 is 26.3 Å². The van der Waals surface area contributed by atoms with Crippen LogP contribution in [0.4, 0.5) is 13.2 Å². The van der Waals surface area contributed by atoms with Gasteiger partial charge in [-0.1, -0.05) is 26.0 Å². The lowest BCUT2D eigenvalue weighted by Crippen LogP contribution is -2.42. The Kier molecular flexibility index (Phi) is 8.59. The standard InChI is InChI=1S/C18H28F3N3O3S/c1-17(2,9-10-28(4,25)26)12-24-16(22-3)23-11-14-5-7-15(8-6-14)27-13-18(19,20)21/h5-8H,9-13H2,1-4H3,(H2,22,23,24). The highest BCUT2D eigenvalue weighted by atomic mass is 32.2. The Bertz CT molecular complexity index is 746. The van der Waals surface area contributed by atoms with Gasteiger partial charge < -0.3 is 15.4 Å². The Morgan fingerprint density at radius 2 is 1.75 bits per heavy atom. The minimum atomic E-state index is -4.37. The third kappa shape index (κ3) is 11.0. The van der Waals surface area contributed by atoms with Gasteiger partial charge in [-0.3, -0.25) is 4.99 Å². The first-order chi connectivity index (χ1) is 12.8. The molecule has 6 nitrogen and oxygen atoms in total. The van der Waals surface area contributed by atoms with Gasteiger partial charge in [0.2, 0.25) is 0 Å². The molecule has 0 aliphatic heterocycles. The zero-order chi connectivity index (χ0) is 21.4. The lowest BCUT2D eigenvalue weighted by atomic mass is 9.90. The topological polar surface area (TPSA) is 79.8 Å². The van der Waals surface area contributed by atoms with Crippen LogP contribution in [-0.2, 0) is 16.4 Å². The number of alkyl halides is 3. The Hall–Kier alpha value is -1.97. The summed E-state index contributed by atoms with van der Waals surface area (Å²) < 4.78 is 63.8. The second-order valence-corrected chi connectivity index (χ2v) is 9.63. The number of hydrogen-bond acceptors (Lipinski definition) is 4. The molecule has 0 unspecified atom stereocenters. The molecule has 0 aromatic heterocycles. The van der Waals surface area contributed by atoms with Gasteiger partial charge in [-0.15, -0.1) is 0 Å². The highest BCUT2D eigenvalue weighted by molar-refractivity contribution is 7.90. The fourth-order valence-corrected chi connectivity index (χ4v) is 3.07. The van der Waals surface area contributed by atoms with Gasteiger partial charge in [-0.2, -0.15) is 13.2 Å². The van der Waals surface area contributed by atoms with Crippen LogP contribution in [0.2, 0.25) is 0 Å². The molecule has 0 atom stereocenters. The molecule has 0 aliphatic rings. The number of halogens is 3. The predicted octanol–water partition coefficient (Wildman–Crippen LogP) is 2.75. The average Bonchev–Trinajstić information content (AvgIpc) is 2.58. The number of aliphatic imine (C=N–C) groups is 1. The molecule has 1 rings (SSSR count). The molecule has 10 heteroatoms. The number of rotatable bonds is 9. The lowest BCUT2D eigenvalue weighted by Gasteiger charge is -2.25. The highest BCUT2D eigenvalue weighted by Crippen LogP contribution is 2.20. The summed E-state index contributed by atoms with van der Waals surface area (Å²) in [5.41, 5.74) is 0.608. The van der Waals surface area contributed by atoms with Crippen LogP contribution in [0.3, 0.4) is 0 Å². The quantitative estimate of drug-likeness (QED) is 0.472. The van der Waals surface area contributed by atoms with Crippen LogP contribution in [0.15, 0.2) is 29.3 Å². The first-order valence-electron chi connectivity index (χ1n) is 8.70. The van der Waals surface area contributed by atoms with Crippen molar-refractivity contribution in [3.05, 3.63) is 29.8 Å². The van der Waals surface area contributed by atoms with Gasteiger partial charge in [0.15, 0.2) is 12.6 Å². The van der Waals surface area contributed by atoms with Gasteiger partial charge in [-0.05, 0) is 29.5 Å². The van der Waals surface area contributed by atoms with E-state index < -0.39 is 22.6 Å². The molecule has 0 fully saturated rings. The average molecular weight is 424 g/mol. The molecule has 0 saturated carbocycles. The molecule has 1 aromatic rings. The maximum Gasteiger partial charge on any atom is 0.422 e. The van der Waals surface area contributed by atoms with Crippen LogP contribution in [0, 0.1) is 5.41 Å². The molecule has 2 N–H and O–H groups in total. The van der Waals surface area contributed by atoms with Crippen LogP contribution >= 0.6 is 0 Å². The monoisotopic (exact) mass is 423 g/mol. The fourth-order valence-electron chi connectivity index (χ4n) is 2.15. The second kappa shape index (κ2) is 9.99. The summed E-state index contributed by atoms with van der Waals surface area (Å²) in [5, 5.41) is 6.27. The van der Waals surface area contributed by atoms with Crippen LogP contribution < -0.4 is 15.4 Å². The van der Waals surface area contributed by atoms with E-state index in [1.54, 1.807) is 19.2 Å². The van der Waals surface area contributed by atoms with E-state index in [1.165, 1.54) is 18.4 Å². The fraction of sp³-hybridized carbons (Fsp3) is 0.611. The molecule has 0 radical (unpaired) electrons. The van der Waals surface area contributed by atoms with Crippen molar-refractivity contribution in [1.29, 1.82) is 0 Å².